The third-order valence-electron chi connectivity index (χ3n) is 7.24. The smallest absolute Gasteiger partial charge is 0.271 e. The van der Waals surface area contributed by atoms with E-state index in [9.17, 15) is 19.6 Å². The number of H-pyrrole nitrogens is 1. The van der Waals surface area contributed by atoms with Gasteiger partial charge in [-0.1, -0.05) is 18.6 Å². The van der Waals surface area contributed by atoms with Crippen molar-refractivity contribution in [2.45, 2.75) is 37.8 Å². The molecule has 5 rings (SSSR count). The number of hydrogen-bond acceptors (Lipinski definition) is 5. The van der Waals surface area contributed by atoms with Crippen molar-refractivity contribution in [3.8, 4) is 11.8 Å². The van der Waals surface area contributed by atoms with E-state index in [1.54, 1.807) is 30.4 Å². The monoisotopic (exact) mass is 461 g/mol. The van der Waals surface area contributed by atoms with E-state index in [1.165, 1.54) is 4.90 Å². The summed E-state index contributed by atoms with van der Waals surface area (Å²) in [6.07, 6.45) is 6.55. The molecule has 0 radical (unpaired) electrons. The number of aromatic nitrogens is 1. The summed E-state index contributed by atoms with van der Waals surface area (Å²) in [5.41, 5.74) is 1.19. The molecule has 34 heavy (non-hydrogen) atoms. The Labute approximate surface area is 197 Å². The highest BCUT2D eigenvalue weighted by Gasteiger charge is 2.50. The minimum atomic E-state index is -0.853. The summed E-state index contributed by atoms with van der Waals surface area (Å²) in [4.78, 5) is 45.2. The molecular weight excluding hydrogens is 434 g/mol. The predicted octanol–water partition coefficient (Wildman–Crippen LogP) is 2.17. The number of aromatic amines is 1. The first-order valence-electron chi connectivity index (χ1n) is 11.6. The lowest BCUT2D eigenvalue weighted by Gasteiger charge is -2.28. The van der Waals surface area contributed by atoms with Crippen LogP contribution in [0.4, 0.5) is 0 Å². The maximum Gasteiger partial charge on any atom is 0.271 e. The van der Waals surface area contributed by atoms with Crippen molar-refractivity contribution in [3.63, 3.8) is 0 Å². The summed E-state index contributed by atoms with van der Waals surface area (Å²) in [6.45, 7) is 0.604. The van der Waals surface area contributed by atoms with Gasteiger partial charge >= 0.3 is 0 Å². The summed E-state index contributed by atoms with van der Waals surface area (Å²) in [5, 5.41) is 13.2. The first kappa shape index (κ1) is 22.0. The van der Waals surface area contributed by atoms with Gasteiger partial charge in [-0.3, -0.25) is 14.4 Å². The molecule has 0 unspecified atom stereocenters. The molecule has 9 heteroatoms. The van der Waals surface area contributed by atoms with Crippen LogP contribution in [0.25, 0.3) is 10.9 Å². The van der Waals surface area contributed by atoms with Crippen molar-refractivity contribution in [1.29, 1.82) is 5.26 Å². The van der Waals surface area contributed by atoms with Gasteiger partial charge in [0.25, 0.3) is 5.91 Å². The van der Waals surface area contributed by atoms with Crippen molar-refractivity contribution >= 4 is 28.6 Å². The fraction of sp³-hybridized carbons (Fsp3) is 0.440. The van der Waals surface area contributed by atoms with E-state index in [2.05, 4.69) is 16.4 Å². The molecular formula is C25H27N5O4. The molecule has 4 atom stereocenters. The van der Waals surface area contributed by atoms with Crippen LogP contribution >= 0.6 is 0 Å². The van der Waals surface area contributed by atoms with Crippen molar-refractivity contribution in [1.82, 2.24) is 20.1 Å². The molecule has 0 spiro atoms. The van der Waals surface area contributed by atoms with Crippen molar-refractivity contribution in [3.05, 3.63) is 42.2 Å². The predicted molar refractivity (Wildman–Crippen MR) is 124 cm³/mol. The second-order valence-corrected chi connectivity index (χ2v) is 9.19. The Morgan fingerprint density at radius 3 is 2.94 bits per heavy atom. The SMILES string of the molecule is COc1cccc2[nH]c(C(=O)N3C[C@@H]4CCC[C@@H]4[C@H]3C(=O)N[C@H](C#N)CN3C=CCC3=O)cc12. The van der Waals surface area contributed by atoms with Gasteiger partial charge in [-0.05, 0) is 42.9 Å². The number of nitrogens with zero attached hydrogens (tertiary/aromatic N) is 3. The molecule has 3 amide bonds. The maximum atomic E-state index is 13.6. The average molecular weight is 462 g/mol. The highest BCUT2D eigenvalue weighted by atomic mass is 16.5. The summed E-state index contributed by atoms with van der Waals surface area (Å²) in [5.74, 6) is 0.329. The number of amides is 3. The maximum absolute atomic E-state index is 13.6. The lowest BCUT2D eigenvalue weighted by Crippen LogP contribution is -2.52. The molecule has 2 N–H and O–H groups in total. The second-order valence-electron chi connectivity index (χ2n) is 9.19. The van der Waals surface area contributed by atoms with Crippen LogP contribution in [-0.2, 0) is 9.59 Å². The second kappa shape index (κ2) is 8.86. The Hall–Kier alpha value is -3.80. The fourth-order valence-corrected chi connectivity index (χ4v) is 5.64. The van der Waals surface area contributed by atoms with Crippen LogP contribution < -0.4 is 10.1 Å². The molecule has 2 aliphatic heterocycles. The molecule has 9 nitrogen and oxygen atoms in total. The van der Waals surface area contributed by atoms with Gasteiger partial charge in [0, 0.05) is 30.1 Å². The highest BCUT2D eigenvalue weighted by molar-refractivity contribution is 6.02. The number of nitrogens with one attached hydrogen (secondary N) is 2. The molecule has 1 saturated heterocycles. The zero-order chi connectivity index (χ0) is 23.8. The van der Waals surface area contributed by atoms with E-state index in [1.807, 2.05) is 18.2 Å². The number of rotatable bonds is 6. The number of carbonyl (C=O) groups excluding carboxylic acids is 3. The quantitative estimate of drug-likeness (QED) is 0.684. The standard InChI is InChI=1S/C25H27N5O4/c1-34-21-8-3-7-19-18(21)11-20(28-19)25(33)30-13-15-5-2-6-17(15)23(30)24(32)27-16(12-26)14-29-10-4-9-22(29)31/h3-4,7-8,10-11,15-17,23,28H,2,5-6,9,13-14H2,1H3,(H,27,32)/t15-,16+,17-,23-/m0/s1. The van der Waals surface area contributed by atoms with Gasteiger partial charge in [0.1, 0.15) is 23.5 Å². The van der Waals surface area contributed by atoms with E-state index in [0.29, 0.717) is 24.4 Å². The Morgan fingerprint density at radius 1 is 1.35 bits per heavy atom. The first-order valence-corrected chi connectivity index (χ1v) is 11.6. The molecule has 2 aromatic rings. The number of ether oxygens (including phenoxy) is 1. The van der Waals surface area contributed by atoms with Crippen LogP contribution in [0.3, 0.4) is 0 Å². The molecule has 1 aromatic carbocycles. The number of methoxy groups -OCH3 is 1. The first-order chi connectivity index (χ1) is 16.5. The normalized spacial score (nSPS) is 24.4. The highest BCUT2D eigenvalue weighted by Crippen LogP contribution is 2.43. The zero-order valence-electron chi connectivity index (χ0n) is 19.0. The lowest BCUT2D eigenvalue weighted by atomic mass is 9.93. The number of fused-ring (bicyclic) bond motifs is 2. The van der Waals surface area contributed by atoms with Crippen LogP contribution in [0.5, 0.6) is 5.75 Å². The molecule has 3 heterocycles. The van der Waals surface area contributed by atoms with Crippen LogP contribution in [0, 0.1) is 23.2 Å². The third kappa shape index (κ3) is 3.79. The Bertz CT molecular complexity index is 1210. The molecule has 1 saturated carbocycles. The number of benzene rings is 1. The lowest BCUT2D eigenvalue weighted by molar-refractivity contribution is -0.129. The van der Waals surface area contributed by atoms with E-state index >= 15 is 0 Å². The molecule has 1 aromatic heterocycles. The van der Waals surface area contributed by atoms with E-state index in [-0.39, 0.29) is 36.1 Å². The van der Waals surface area contributed by atoms with Gasteiger partial charge in [-0.15, -0.1) is 0 Å². The number of hydrogen-bond donors (Lipinski definition) is 2. The summed E-state index contributed by atoms with van der Waals surface area (Å²) in [6, 6.07) is 7.92. The molecule has 176 valence electrons. The Balaban J connectivity index is 1.38. The molecule has 2 fully saturated rings. The van der Waals surface area contributed by atoms with Gasteiger partial charge in [-0.25, -0.2) is 0 Å². The number of likely N-dealkylation sites (tertiary alicyclic amines) is 1. The van der Waals surface area contributed by atoms with Crippen LogP contribution in [0.1, 0.15) is 36.2 Å². The van der Waals surface area contributed by atoms with Gasteiger partial charge in [0.15, 0.2) is 0 Å². The molecule has 3 aliphatic rings. The van der Waals surface area contributed by atoms with Gasteiger partial charge in [-0.2, -0.15) is 5.26 Å². The number of carbonyl (C=O) groups is 3. The summed E-state index contributed by atoms with van der Waals surface area (Å²) >= 11 is 0. The van der Waals surface area contributed by atoms with Crippen LogP contribution in [0.15, 0.2) is 36.5 Å². The average Bonchev–Trinajstić information content (AvgIpc) is 3.61. The molecule has 1 aliphatic carbocycles. The topological polar surface area (TPSA) is 119 Å². The minimum Gasteiger partial charge on any atom is -0.496 e. The van der Waals surface area contributed by atoms with E-state index in [4.69, 9.17) is 4.74 Å². The Kier molecular flexibility index (Phi) is 5.74. The summed E-state index contributed by atoms with van der Waals surface area (Å²) in [7, 11) is 1.59. The number of nitriles is 1. The summed E-state index contributed by atoms with van der Waals surface area (Å²) < 4.78 is 5.41. The Morgan fingerprint density at radius 2 is 2.21 bits per heavy atom. The zero-order valence-corrected chi connectivity index (χ0v) is 19.0. The van der Waals surface area contributed by atoms with Gasteiger partial charge in [0.2, 0.25) is 11.8 Å². The van der Waals surface area contributed by atoms with Crippen molar-refractivity contribution in [2.75, 3.05) is 20.2 Å². The van der Waals surface area contributed by atoms with E-state index in [0.717, 1.165) is 30.2 Å². The van der Waals surface area contributed by atoms with Crippen molar-refractivity contribution in [2.24, 2.45) is 11.8 Å². The molecule has 0 bridgehead atoms. The minimum absolute atomic E-state index is 0.0653. The van der Waals surface area contributed by atoms with E-state index < -0.39 is 12.1 Å². The van der Waals surface area contributed by atoms with Crippen LogP contribution in [0.2, 0.25) is 0 Å². The van der Waals surface area contributed by atoms with Crippen LogP contribution in [-0.4, -0.2) is 64.8 Å². The third-order valence-corrected chi connectivity index (χ3v) is 7.24. The fourth-order valence-electron chi connectivity index (χ4n) is 5.64. The largest absolute Gasteiger partial charge is 0.496 e. The van der Waals surface area contributed by atoms with Crippen molar-refractivity contribution < 1.29 is 19.1 Å². The van der Waals surface area contributed by atoms with Gasteiger partial charge in [0.05, 0.1) is 19.7 Å². The van der Waals surface area contributed by atoms with Gasteiger partial charge < -0.3 is 24.8 Å².